The molecule has 1 aromatic carbocycles. The number of hydrogen-bond donors (Lipinski definition) is 1. The van der Waals surface area contributed by atoms with E-state index in [1.54, 1.807) is 6.92 Å². The lowest BCUT2D eigenvalue weighted by Crippen LogP contribution is -2.54. The molecule has 1 aromatic rings. The lowest BCUT2D eigenvalue weighted by atomic mass is 9.68. The van der Waals surface area contributed by atoms with Crippen LogP contribution in [0.3, 0.4) is 0 Å². The first kappa shape index (κ1) is 20.8. The van der Waals surface area contributed by atoms with E-state index >= 15 is 0 Å². The number of alkyl halides is 3. The van der Waals surface area contributed by atoms with Crippen LogP contribution in [0.4, 0.5) is 18.9 Å². The van der Waals surface area contributed by atoms with Crippen molar-refractivity contribution in [2.75, 3.05) is 31.6 Å². The van der Waals surface area contributed by atoms with E-state index < -0.39 is 11.7 Å². The van der Waals surface area contributed by atoms with Crippen LogP contribution in [0.2, 0.25) is 0 Å². The molecule has 2 amide bonds. The van der Waals surface area contributed by atoms with Gasteiger partial charge in [0.15, 0.2) is 0 Å². The molecule has 2 saturated heterocycles. The summed E-state index contributed by atoms with van der Waals surface area (Å²) in [7, 11) is 0. The van der Waals surface area contributed by atoms with E-state index in [-0.39, 0.29) is 35.5 Å². The SMILES string of the molecule is Cc1cc(C(F)(F)F)ccc1NC(=O)C1[C@@H]2CCC[C@H]1CN(C(=O)C1[C@@H]3COC[C@@H]13)C2. The lowest BCUT2D eigenvalue weighted by Gasteiger charge is -2.46. The van der Waals surface area contributed by atoms with Crippen LogP contribution < -0.4 is 5.32 Å². The number of carbonyl (C=O) groups excluding carboxylic acids is 2. The Morgan fingerprint density at radius 3 is 2.29 bits per heavy atom. The van der Waals surface area contributed by atoms with Gasteiger partial charge >= 0.3 is 6.18 Å². The number of anilines is 1. The third-order valence-corrected chi connectivity index (χ3v) is 7.74. The molecule has 1 N–H and O–H groups in total. The van der Waals surface area contributed by atoms with Crippen molar-refractivity contribution in [1.29, 1.82) is 0 Å². The van der Waals surface area contributed by atoms with E-state index in [1.807, 2.05) is 4.90 Å². The molecular weight excluding hydrogens is 409 g/mol. The predicted octanol–water partition coefficient (Wildman–Crippen LogP) is 3.72. The summed E-state index contributed by atoms with van der Waals surface area (Å²) in [6.07, 6.45) is -1.57. The number of likely N-dealkylation sites (tertiary alicyclic amines) is 1. The molecule has 2 bridgehead atoms. The van der Waals surface area contributed by atoms with Crippen LogP contribution in [0.5, 0.6) is 0 Å². The highest BCUT2D eigenvalue weighted by molar-refractivity contribution is 5.94. The maximum atomic E-state index is 13.1. The number of piperidine rings is 1. The molecule has 2 aliphatic carbocycles. The molecule has 5 rings (SSSR count). The van der Waals surface area contributed by atoms with Gasteiger partial charge in [0.1, 0.15) is 0 Å². The normalized spacial score (nSPS) is 34.3. The molecule has 0 radical (unpaired) electrons. The summed E-state index contributed by atoms with van der Waals surface area (Å²) in [6, 6.07) is 3.40. The average molecular weight is 436 g/mol. The highest BCUT2D eigenvalue weighted by atomic mass is 19.4. The number of halogens is 3. The molecular formula is C23H27F3N2O3. The standard InChI is InChI=1S/C23H27F3N2O3/c1-12-7-15(23(24,25)26)5-6-18(12)27-21(29)19-13-3-2-4-14(19)9-28(8-13)22(30)20-16-10-31-11-17(16)20/h5-7,13-14,16-17,19-20H,2-4,8-11H2,1H3,(H,27,29)/t13-,14+,16-,17-,19?/m1/s1. The molecule has 5 nitrogen and oxygen atoms in total. The molecule has 2 heterocycles. The van der Waals surface area contributed by atoms with Crippen molar-refractivity contribution in [1.82, 2.24) is 4.90 Å². The topological polar surface area (TPSA) is 58.6 Å². The number of aryl methyl sites for hydroxylation is 1. The molecule has 2 aliphatic heterocycles. The first-order valence-electron chi connectivity index (χ1n) is 11.1. The molecule has 0 aromatic heterocycles. The number of rotatable bonds is 3. The molecule has 2 saturated carbocycles. The van der Waals surface area contributed by atoms with Crippen molar-refractivity contribution in [3.63, 3.8) is 0 Å². The van der Waals surface area contributed by atoms with Crippen LogP contribution in [0.25, 0.3) is 0 Å². The molecule has 31 heavy (non-hydrogen) atoms. The van der Waals surface area contributed by atoms with Crippen molar-refractivity contribution >= 4 is 17.5 Å². The number of amides is 2. The third-order valence-electron chi connectivity index (χ3n) is 7.74. The number of nitrogens with one attached hydrogen (secondary N) is 1. The second kappa shape index (κ2) is 7.50. The van der Waals surface area contributed by atoms with Gasteiger partial charge in [-0.25, -0.2) is 0 Å². The zero-order valence-corrected chi connectivity index (χ0v) is 17.5. The Morgan fingerprint density at radius 2 is 1.71 bits per heavy atom. The first-order chi connectivity index (χ1) is 14.7. The average Bonchev–Trinajstić information content (AvgIpc) is 3.18. The second-order valence-corrected chi connectivity index (χ2v) is 9.63. The van der Waals surface area contributed by atoms with Crippen LogP contribution in [0.1, 0.15) is 30.4 Å². The van der Waals surface area contributed by atoms with Gasteiger partial charge in [0.25, 0.3) is 0 Å². The zero-order valence-electron chi connectivity index (χ0n) is 17.5. The number of benzene rings is 1. The molecule has 1 unspecified atom stereocenters. The van der Waals surface area contributed by atoms with Gasteiger partial charge in [-0.2, -0.15) is 13.2 Å². The van der Waals surface area contributed by atoms with Gasteiger partial charge in [-0.3, -0.25) is 9.59 Å². The van der Waals surface area contributed by atoms with Gasteiger partial charge in [0.2, 0.25) is 11.8 Å². The summed E-state index contributed by atoms with van der Waals surface area (Å²) < 4.78 is 44.2. The lowest BCUT2D eigenvalue weighted by molar-refractivity contribution is -0.143. The highest BCUT2D eigenvalue weighted by Crippen LogP contribution is 2.52. The van der Waals surface area contributed by atoms with E-state index in [1.165, 1.54) is 6.07 Å². The van der Waals surface area contributed by atoms with Gasteiger partial charge < -0.3 is 15.0 Å². The number of ether oxygens (including phenoxy) is 1. The summed E-state index contributed by atoms with van der Waals surface area (Å²) in [6.45, 7) is 4.12. The number of nitrogens with zero attached hydrogens (tertiary/aromatic N) is 1. The van der Waals surface area contributed by atoms with Crippen LogP contribution in [0, 0.1) is 42.4 Å². The summed E-state index contributed by atoms with van der Waals surface area (Å²) in [5.74, 6) is 0.902. The smallest absolute Gasteiger partial charge is 0.381 e. The van der Waals surface area contributed by atoms with Crippen molar-refractivity contribution in [2.45, 2.75) is 32.4 Å². The Bertz CT molecular complexity index is 879. The monoisotopic (exact) mass is 436 g/mol. The minimum absolute atomic E-state index is 0.0923. The third kappa shape index (κ3) is 3.73. The molecule has 4 fully saturated rings. The Morgan fingerprint density at radius 1 is 1.06 bits per heavy atom. The van der Waals surface area contributed by atoms with E-state index in [0.29, 0.717) is 49.4 Å². The summed E-state index contributed by atoms with van der Waals surface area (Å²) in [5, 5.41) is 2.87. The quantitative estimate of drug-likeness (QED) is 0.786. The van der Waals surface area contributed by atoms with Gasteiger partial charge in [-0.1, -0.05) is 6.42 Å². The largest absolute Gasteiger partial charge is 0.416 e. The number of carbonyl (C=O) groups is 2. The fourth-order valence-corrected chi connectivity index (χ4v) is 6.06. The molecule has 4 aliphatic rings. The molecule has 8 heteroatoms. The second-order valence-electron chi connectivity index (χ2n) is 9.63. The van der Waals surface area contributed by atoms with E-state index in [9.17, 15) is 22.8 Å². The summed E-state index contributed by atoms with van der Waals surface area (Å²) in [5.41, 5.74) is 0.0887. The Kier molecular flexibility index (Phi) is 5.03. The summed E-state index contributed by atoms with van der Waals surface area (Å²) in [4.78, 5) is 28.1. The van der Waals surface area contributed by atoms with Crippen LogP contribution >= 0.6 is 0 Å². The van der Waals surface area contributed by atoms with Gasteiger partial charge in [0, 0.05) is 30.6 Å². The fraction of sp³-hybridized carbons (Fsp3) is 0.652. The summed E-state index contributed by atoms with van der Waals surface area (Å²) >= 11 is 0. The molecule has 5 atom stereocenters. The number of hydrogen-bond acceptors (Lipinski definition) is 3. The predicted molar refractivity (Wildman–Crippen MR) is 107 cm³/mol. The first-order valence-corrected chi connectivity index (χ1v) is 11.1. The zero-order chi connectivity index (χ0) is 21.9. The van der Waals surface area contributed by atoms with E-state index in [0.717, 1.165) is 31.4 Å². The maximum absolute atomic E-state index is 13.1. The van der Waals surface area contributed by atoms with Crippen LogP contribution in [-0.4, -0.2) is 43.0 Å². The Hall–Kier alpha value is -2.09. The van der Waals surface area contributed by atoms with E-state index in [2.05, 4.69) is 5.32 Å². The van der Waals surface area contributed by atoms with Crippen molar-refractivity contribution < 1.29 is 27.5 Å². The van der Waals surface area contributed by atoms with Crippen molar-refractivity contribution in [2.24, 2.45) is 35.5 Å². The van der Waals surface area contributed by atoms with Crippen molar-refractivity contribution in [3.05, 3.63) is 29.3 Å². The van der Waals surface area contributed by atoms with Gasteiger partial charge in [0.05, 0.1) is 18.8 Å². The number of fused-ring (bicyclic) bond motifs is 3. The fourth-order valence-electron chi connectivity index (χ4n) is 6.06. The van der Waals surface area contributed by atoms with Crippen molar-refractivity contribution in [3.8, 4) is 0 Å². The van der Waals surface area contributed by atoms with Gasteiger partial charge in [-0.05, 0) is 67.2 Å². The van der Waals surface area contributed by atoms with E-state index in [4.69, 9.17) is 4.74 Å². The Balaban J connectivity index is 1.26. The van der Waals surface area contributed by atoms with Crippen LogP contribution in [0.15, 0.2) is 18.2 Å². The maximum Gasteiger partial charge on any atom is 0.416 e. The molecule has 0 spiro atoms. The minimum atomic E-state index is -4.41. The molecule has 168 valence electrons. The highest BCUT2D eigenvalue weighted by Gasteiger charge is 2.59. The van der Waals surface area contributed by atoms with Crippen LogP contribution in [-0.2, 0) is 20.5 Å². The van der Waals surface area contributed by atoms with Gasteiger partial charge in [-0.15, -0.1) is 0 Å². The Labute approximate surface area is 179 Å². The minimum Gasteiger partial charge on any atom is -0.381 e.